The summed E-state index contributed by atoms with van der Waals surface area (Å²) >= 11 is 0. The van der Waals surface area contributed by atoms with Crippen molar-refractivity contribution in [3.05, 3.63) is 30.1 Å². The minimum Gasteiger partial charge on any atom is -0.387 e. The normalized spacial score (nSPS) is 23.8. The molecular formula is C19H26N4O2. The van der Waals surface area contributed by atoms with Crippen molar-refractivity contribution in [3.8, 4) is 0 Å². The number of aromatic nitrogens is 2. The van der Waals surface area contributed by atoms with E-state index >= 15 is 0 Å². The molecule has 1 saturated carbocycles. The van der Waals surface area contributed by atoms with Crippen LogP contribution in [0.25, 0.3) is 11.0 Å². The number of amides is 1. The van der Waals surface area contributed by atoms with E-state index in [4.69, 9.17) is 4.98 Å². The quantitative estimate of drug-likeness (QED) is 0.893. The number of carbonyl (C=O) groups is 1. The second kappa shape index (κ2) is 6.11. The summed E-state index contributed by atoms with van der Waals surface area (Å²) in [5.41, 5.74) is 1.19. The number of likely N-dealkylation sites (tertiary alicyclic amines) is 1. The lowest BCUT2D eigenvalue weighted by Crippen LogP contribution is -2.44. The summed E-state index contributed by atoms with van der Waals surface area (Å²) in [4.78, 5) is 21.4. The van der Waals surface area contributed by atoms with Crippen molar-refractivity contribution in [2.75, 3.05) is 33.7 Å². The van der Waals surface area contributed by atoms with Crippen LogP contribution in [0.2, 0.25) is 0 Å². The van der Waals surface area contributed by atoms with Gasteiger partial charge in [0, 0.05) is 19.0 Å². The third-order valence-electron chi connectivity index (χ3n) is 5.22. The predicted octanol–water partition coefficient (Wildman–Crippen LogP) is 1.44. The van der Waals surface area contributed by atoms with E-state index < -0.39 is 5.60 Å². The van der Waals surface area contributed by atoms with Gasteiger partial charge in [-0.05, 0) is 45.5 Å². The summed E-state index contributed by atoms with van der Waals surface area (Å²) in [6.07, 6.45) is 2.95. The first-order chi connectivity index (χ1) is 12.0. The second-order valence-corrected chi connectivity index (χ2v) is 7.85. The molecule has 0 radical (unpaired) electrons. The van der Waals surface area contributed by atoms with E-state index in [1.54, 1.807) is 4.90 Å². The van der Waals surface area contributed by atoms with Gasteiger partial charge in [-0.15, -0.1) is 0 Å². The summed E-state index contributed by atoms with van der Waals surface area (Å²) < 4.78 is 2.08. The van der Waals surface area contributed by atoms with Crippen LogP contribution in [0.15, 0.2) is 24.3 Å². The highest BCUT2D eigenvalue weighted by molar-refractivity contribution is 5.81. The Morgan fingerprint density at radius 3 is 2.84 bits per heavy atom. The topological polar surface area (TPSA) is 61.6 Å². The average Bonchev–Trinajstić information content (AvgIpc) is 3.24. The zero-order chi connectivity index (χ0) is 17.6. The van der Waals surface area contributed by atoms with Gasteiger partial charge < -0.3 is 19.5 Å². The van der Waals surface area contributed by atoms with Crippen molar-refractivity contribution in [3.63, 3.8) is 0 Å². The maximum Gasteiger partial charge on any atom is 0.242 e. The average molecular weight is 342 g/mol. The number of nitrogens with zero attached hydrogens (tertiary/aromatic N) is 4. The zero-order valence-corrected chi connectivity index (χ0v) is 15.0. The van der Waals surface area contributed by atoms with Gasteiger partial charge in [-0.1, -0.05) is 12.1 Å². The smallest absolute Gasteiger partial charge is 0.242 e. The second-order valence-electron chi connectivity index (χ2n) is 7.85. The Balaban J connectivity index is 1.54. The fourth-order valence-electron chi connectivity index (χ4n) is 3.94. The summed E-state index contributed by atoms with van der Waals surface area (Å²) in [7, 11) is 3.89. The van der Waals surface area contributed by atoms with Crippen LogP contribution in [0.1, 0.15) is 31.0 Å². The van der Waals surface area contributed by atoms with E-state index in [1.807, 2.05) is 43.3 Å². The van der Waals surface area contributed by atoms with Crippen molar-refractivity contribution in [2.24, 2.45) is 0 Å². The van der Waals surface area contributed by atoms with Crippen LogP contribution in [-0.2, 0) is 11.3 Å². The lowest BCUT2D eigenvalue weighted by molar-refractivity contribution is -0.131. The number of imidazole rings is 1. The SMILES string of the molecule is CN(C)CC1(O)CCN(C(=O)Cn2c(C3CC3)nc3ccccc32)C1. The van der Waals surface area contributed by atoms with Crippen LogP contribution in [0.4, 0.5) is 0 Å². The third-order valence-corrected chi connectivity index (χ3v) is 5.22. The Kier molecular flexibility index (Phi) is 4.04. The number of aliphatic hydroxyl groups is 1. The number of carbonyl (C=O) groups excluding carboxylic acids is 1. The minimum absolute atomic E-state index is 0.0692. The molecule has 1 unspecified atom stereocenters. The number of rotatable bonds is 5. The standard InChI is InChI=1S/C19H26N4O2/c1-21(2)12-19(25)9-10-22(13-19)17(24)11-23-16-6-4-3-5-15(16)20-18(23)14-7-8-14/h3-6,14,25H,7-13H2,1-2H3. The molecule has 1 atom stereocenters. The molecule has 2 fully saturated rings. The molecule has 2 aromatic rings. The highest BCUT2D eigenvalue weighted by atomic mass is 16.3. The van der Waals surface area contributed by atoms with Gasteiger partial charge in [0.1, 0.15) is 12.4 Å². The van der Waals surface area contributed by atoms with Crippen molar-refractivity contribution in [2.45, 2.75) is 37.3 Å². The monoisotopic (exact) mass is 342 g/mol. The fourth-order valence-corrected chi connectivity index (χ4v) is 3.94. The molecule has 0 bridgehead atoms. The Morgan fingerprint density at radius 2 is 2.12 bits per heavy atom. The number of hydrogen-bond donors (Lipinski definition) is 1. The summed E-state index contributed by atoms with van der Waals surface area (Å²) in [6.45, 7) is 1.92. The molecular weight excluding hydrogens is 316 g/mol. The minimum atomic E-state index is -0.796. The summed E-state index contributed by atoms with van der Waals surface area (Å²) in [6, 6.07) is 8.02. The van der Waals surface area contributed by atoms with Crippen LogP contribution < -0.4 is 0 Å². The van der Waals surface area contributed by atoms with E-state index in [9.17, 15) is 9.90 Å². The van der Waals surface area contributed by atoms with Gasteiger partial charge >= 0.3 is 0 Å². The molecule has 134 valence electrons. The maximum atomic E-state index is 12.9. The number of para-hydroxylation sites is 2. The van der Waals surface area contributed by atoms with Crippen molar-refractivity contribution < 1.29 is 9.90 Å². The first-order valence-electron chi connectivity index (χ1n) is 9.05. The molecule has 2 aliphatic rings. The molecule has 1 aromatic heterocycles. The number of likely N-dealkylation sites (N-methyl/N-ethyl adjacent to an activating group) is 1. The molecule has 25 heavy (non-hydrogen) atoms. The van der Waals surface area contributed by atoms with E-state index in [2.05, 4.69) is 4.57 Å². The van der Waals surface area contributed by atoms with Crippen LogP contribution in [-0.4, -0.2) is 69.7 Å². The Labute approximate surface area is 148 Å². The molecule has 6 heteroatoms. The third kappa shape index (κ3) is 3.28. The lowest BCUT2D eigenvalue weighted by atomic mass is 10.0. The highest BCUT2D eigenvalue weighted by Gasteiger charge is 2.39. The number of fused-ring (bicyclic) bond motifs is 1. The van der Waals surface area contributed by atoms with Crippen molar-refractivity contribution in [1.29, 1.82) is 0 Å². The molecule has 1 aromatic carbocycles. The van der Waals surface area contributed by atoms with Gasteiger partial charge in [0.15, 0.2) is 0 Å². The fraction of sp³-hybridized carbons (Fsp3) is 0.579. The number of β-amino-alcohol motifs (C(OH)–C–C–N with tert-alkyl or cyclic N) is 1. The van der Waals surface area contributed by atoms with Gasteiger partial charge in [-0.25, -0.2) is 4.98 Å². The van der Waals surface area contributed by atoms with Crippen molar-refractivity contribution in [1.82, 2.24) is 19.4 Å². The lowest BCUT2D eigenvalue weighted by Gasteiger charge is -2.26. The highest BCUT2D eigenvalue weighted by Crippen LogP contribution is 2.40. The molecule has 0 spiro atoms. The zero-order valence-electron chi connectivity index (χ0n) is 15.0. The predicted molar refractivity (Wildman–Crippen MR) is 96.4 cm³/mol. The molecule has 1 aliphatic carbocycles. The molecule has 2 heterocycles. The maximum absolute atomic E-state index is 12.9. The summed E-state index contributed by atoms with van der Waals surface area (Å²) in [5.74, 6) is 1.60. The van der Waals surface area contributed by atoms with Gasteiger partial charge in [0.05, 0.1) is 23.2 Å². The van der Waals surface area contributed by atoms with Gasteiger partial charge in [0.2, 0.25) is 5.91 Å². The van der Waals surface area contributed by atoms with Crippen LogP contribution in [0, 0.1) is 0 Å². The molecule has 4 rings (SSSR count). The Bertz CT molecular complexity index is 796. The van der Waals surface area contributed by atoms with Crippen LogP contribution in [0.3, 0.4) is 0 Å². The summed E-state index contributed by atoms with van der Waals surface area (Å²) in [5, 5.41) is 10.7. The van der Waals surface area contributed by atoms with Gasteiger partial charge in [0.25, 0.3) is 0 Å². The van der Waals surface area contributed by atoms with Gasteiger partial charge in [-0.2, -0.15) is 0 Å². The van der Waals surface area contributed by atoms with Gasteiger partial charge in [-0.3, -0.25) is 4.79 Å². The van der Waals surface area contributed by atoms with E-state index in [0.717, 1.165) is 29.7 Å². The van der Waals surface area contributed by atoms with E-state index in [-0.39, 0.29) is 5.91 Å². The van der Waals surface area contributed by atoms with Crippen LogP contribution in [0.5, 0.6) is 0 Å². The first kappa shape index (κ1) is 16.5. The Morgan fingerprint density at radius 1 is 1.36 bits per heavy atom. The molecule has 1 N–H and O–H groups in total. The molecule has 1 amide bonds. The largest absolute Gasteiger partial charge is 0.387 e. The molecule has 1 saturated heterocycles. The van der Waals surface area contributed by atoms with Crippen LogP contribution >= 0.6 is 0 Å². The van der Waals surface area contributed by atoms with Crippen molar-refractivity contribution >= 4 is 16.9 Å². The number of benzene rings is 1. The number of hydrogen-bond acceptors (Lipinski definition) is 4. The Hall–Kier alpha value is -1.92. The van der Waals surface area contributed by atoms with E-state index in [1.165, 1.54) is 0 Å². The van der Waals surface area contributed by atoms with E-state index in [0.29, 0.717) is 38.5 Å². The first-order valence-corrected chi connectivity index (χ1v) is 9.05. The molecule has 1 aliphatic heterocycles. The molecule has 6 nitrogen and oxygen atoms in total.